The lowest BCUT2D eigenvalue weighted by Crippen LogP contribution is -2.01. The Bertz CT molecular complexity index is 367. The summed E-state index contributed by atoms with van der Waals surface area (Å²) in [6.07, 6.45) is 1.90. The molecule has 1 aliphatic carbocycles. The number of methoxy groups -OCH3 is 1. The molecule has 0 amide bonds. The van der Waals surface area contributed by atoms with E-state index < -0.39 is 0 Å². The highest BCUT2D eigenvalue weighted by molar-refractivity contribution is 6.01. The van der Waals surface area contributed by atoms with E-state index in [0.29, 0.717) is 11.3 Å². The van der Waals surface area contributed by atoms with Crippen LogP contribution in [0.15, 0.2) is 18.2 Å². The highest BCUT2D eigenvalue weighted by atomic mass is 16.5. The largest absolute Gasteiger partial charge is 0.507 e. The van der Waals surface area contributed by atoms with Gasteiger partial charge >= 0.3 is 0 Å². The van der Waals surface area contributed by atoms with Gasteiger partial charge in [0.1, 0.15) is 11.5 Å². The minimum absolute atomic E-state index is 0.0150. The molecule has 0 saturated heterocycles. The van der Waals surface area contributed by atoms with Crippen LogP contribution in [0.4, 0.5) is 0 Å². The molecule has 0 atom stereocenters. The van der Waals surface area contributed by atoms with E-state index in [1.165, 1.54) is 13.2 Å². The first-order valence-corrected chi connectivity index (χ1v) is 4.63. The predicted molar refractivity (Wildman–Crippen MR) is 51.7 cm³/mol. The van der Waals surface area contributed by atoms with Crippen LogP contribution >= 0.6 is 0 Å². The summed E-state index contributed by atoms with van der Waals surface area (Å²) < 4.78 is 4.93. The van der Waals surface area contributed by atoms with Gasteiger partial charge in [-0.15, -0.1) is 0 Å². The number of phenolic OH excluding ortho intramolecular Hbond substituents is 1. The van der Waals surface area contributed by atoms with Gasteiger partial charge in [-0.2, -0.15) is 0 Å². The van der Waals surface area contributed by atoms with Gasteiger partial charge in [-0.05, 0) is 25.0 Å². The number of benzene rings is 1. The predicted octanol–water partition coefficient (Wildman–Crippen LogP) is 1.99. The molecule has 0 heterocycles. The second-order valence-electron chi connectivity index (χ2n) is 3.52. The summed E-state index contributed by atoms with van der Waals surface area (Å²) in [4.78, 5) is 11.6. The number of hydrogen-bond donors (Lipinski definition) is 1. The van der Waals surface area contributed by atoms with Gasteiger partial charge in [0.2, 0.25) is 0 Å². The van der Waals surface area contributed by atoms with Gasteiger partial charge in [0, 0.05) is 12.0 Å². The third-order valence-corrected chi connectivity index (χ3v) is 2.42. The number of carbonyl (C=O) groups is 1. The maximum Gasteiger partial charge on any atom is 0.169 e. The van der Waals surface area contributed by atoms with Crippen molar-refractivity contribution in [2.45, 2.75) is 12.8 Å². The fourth-order valence-corrected chi connectivity index (χ4v) is 1.41. The lowest BCUT2D eigenvalue weighted by molar-refractivity contribution is 0.0965. The summed E-state index contributed by atoms with van der Waals surface area (Å²) in [5.41, 5.74) is 0.410. The standard InChI is InChI=1S/C11H12O3/c1-14-8-4-5-9(10(12)6-8)11(13)7-2-3-7/h4-7,12H,2-3H2,1H3. The smallest absolute Gasteiger partial charge is 0.169 e. The summed E-state index contributed by atoms with van der Waals surface area (Å²) >= 11 is 0. The first-order chi connectivity index (χ1) is 6.72. The van der Waals surface area contributed by atoms with Crippen molar-refractivity contribution in [3.63, 3.8) is 0 Å². The third-order valence-electron chi connectivity index (χ3n) is 2.42. The number of Topliss-reactive ketones (excluding diaryl/α,β-unsaturated/α-hetero) is 1. The Morgan fingerprint density at radius 1 is 1.50 bits per heavy atom. The van der Waals surface area contributed by atoms with E-state index in [-0.39, 0.29) is 17.5 Å². The minimum atomic E-state index is 0.0150. The average molecular weight is 192 g/mol. The molecular weight excluding hydrogens is 180 g/mol. The molecule has 1 saturated carbocycles. The molecule has 0 spiro atoms. The zero-order chi connectivity index (χ0) is 10.1. The molecule has 0 radical (unpaired) electrons. The van der Waals surface area contributed by atoms with Gasteiger partial charge in [-0.3, -0.25) is 4.79 Å². The van der Waals surface area contributed by atoms with Crippen LogP contribution in [0.25, 0.3) is 0 Å². The zero-order valence-electron chi connectivity index (χ0n) is 7.99. The van der Waals surface area contributed by atoms with E-state index in [1.54, 1.807) is 12.1 Å². The van der Waals surface area contributed by atoms with Gasteiger partial charge in [0.05, 0.1) is 12.7 Å². The van der Waals surface area contributed by atoms with Gasteiger partial charge in [-0.1, -0.05) is 0 Å². The van der Waals surface area contributed by atoms with Gasteiger partial charge in [-0.25, -0.2) is 0 Å². The lowest BCUT2D eigenvalue weighted by Gasteiger charge is -2.04. The van der Waals surface area contributed by atoms with Crippen molar-refractivity contribution >= 4 is 5.78 Å². The molecule has 0 aliphatic heterocycles. The molecule has 1 aromatic carbocycles. The minimum Gasteiger partial charge on any atom is -0.507 e. The summed E-state index contributed by atoms with van der Waals surface area (Å²) in [6, 6.07) is 4.78. The summed E-state index contributed by atoms with van der Waals surface area (Å²) in [6.45, 7) is 0. The van der Waals surface area contributed by atoms with Crippen LogP contribution in [0.3, 0.4) is 0 Å². The first kappa shape index (κ1) is 9.06. The number of aromatic hydroxyl groups is 1. The number of hydrogen-bond acceptors (Lipinski definition) is 3. The Hall–Kier alpha value is -1.51. The third kappa shape index (κ3) is 1.58. The number of carbonyl (C=O) groups excluding carboxylic acids is 1. The van der Waals surface area contributed by atoms with Crippen LogP contribution in [0.2, 0.25) is 0 Å². The molecule has 1 fully saturated rings. The number of ketones is 1. The quantitative estimate of drug-likeness (QED) is 0.745. The molecule has 1 N–H and O–H groups in total. The Labute approximate surface area is 82.3 Å². The molecule has 1 aliphatic rings. The van der Waals surface area contributed by atoms with Gasteiger partial charge in [0.25, 0.3) is 0 Å². The SMILES string of the molecule is COc1ccc(C(=O)C2CC2)c(O)c1. The molecule has 2 rings (SSSR count). The van der Waals surface area contributed by atoms with Crippen molar-refractivity contribution in [3.8, 4) is 11.5 Å². The molecule has 0 unspecified atom stereocenters. The Morgan fingerprint density at radius 2 is 2.21 bits per heavy atom. The number of ether oxygens (including phenoxy) is 1. The number of rotatable bonds is 3. The van der Waals surface area contributed by atoms with Crippen LogP contribution in [0.1, 0.15) is 23.2 Å². The number of phenols is 1. The molecule has 3 nitrogen and oxygen atoms in total. The molecule has 3 heteroatoms. The normalized spacial score (nSPS) is 15.2. The molecule has 74 valence electrons. The monoisotopic (exact) mass is 192 g/mol. The first-order valence-electron chi connectivity index (χ1n) is 4.63. The fraction of sp³-hybridized carbons (Fsp3) is 0.364. The van der Waals surface area contributed by atoms with E-state index in [0.717, 1.165) is 12.8 Å². The van der Waals surface area contributed by atoms with Crippen molar-refractivity contribution in [2.24, 2.45) is 5.92 Å². The van der Waals surface area contributed by atoms with Gasteiger partial charge < -0.3 is 9.84 Å². The lowest BCUT2D eigenvalue weighted by atomic mass is 10.1. The van der Waals surface area contributed by atoms with Crippen molar-refractivity contribution in [3.05, 3.63) is 23.8 Å². The van der Waals surface area contributed by atoms with Crippen LogP contribution in [-0.4, -0.2) is 18.0 Å². The van der Waals surface area contributed by atoms with E-state index in [1.807, 2.05) is 0 Å². The molecule has 14 heavy (non-hydrogen) atoms. The Balaban J connectivity index is 2.29. The molecule has 0 bridgehead atoms. The zero-order valence-corrected chi connectivity index (χ0v) is 7.99. The highest BCUT2D eigenvalue weighted by Gasteiger charge is 2.31. The highest BCUT2D eigenvalue weighted by Crippen LogP contribution is 2.35. The molecular formula is C11H12O3. The topological polar surface area (TPSA) is 46.5 Å². The van der Waals surface area contributed by atoms with E-state index >= 15 is 0 Å². The summed E-state index contributed by atoms with van der Waals surface area (Å²) in [7, 11) is 1.52. The maximum atomic E-state index is 11.6. The van der Waals surface area contributed by atoms with Crippen molar-refractivity contribution in [1.82, 2.24) is 0 Å². The van der Waals surface area contributed by atoms with Crippen LogP contribution < -0.4 is 4.74 Å². The van der Waals surface area contributed by atoms with Gasteiger partial charge in [0.15, 0.2) is 5.78 Å². The molecule has 0 aromatic heterocycles. The Kier molecular flexibility index (Phi) is 2.15. The maximum absolute atomic E-state index is 11.6. The van der Waals surface area contributed by atoms with Crippen LogP contribution in [0.5, 0.6) is 11.5 Å². The summed E-state index contributed by atoms with van der Waals surface area (Å²) in [5.74, 6) is 0.760. The van der Waals surface area contributed by atoms with Crippen molar-refractivity contribution in [2.75, 3.05) is 7.11 Å². The van der Waals surface area contributed by atoms with Crippen LogP contribution in [-0.2, 0) is 0 Å². The van der Waals surface area contributed by atoms with E-state index in [9.17, 15) is 9.90 Å². The van der Waals surface area contributed by atoms with Crippen molar-refractivity contribution < 1.29 is 14.6 Å². The van der Waals surface area contributed by atoms with Crippen molar-refractivity contribution in [1.29, 1.82) is 0 Å². The van der Waals surface area contributed by atoms with E-state index in [2.05, 4.69) is 0 Å². The van der Waals surface area contributed by atoms with E-state index in [4.69, 9.17) is 4.74 Å². The fourth-order valence-electron chi connectivity index (χ4n) is 1.41. The van der Waals surface area contributed by atoms with Crippen LogP contribution in [0, 0.1) is 5.92 Å². The summed E-state index contributed by atoms with van der Waals surface area (Å²) in [5, 5.41) is 9.57. The molecule has 1 aromatic rings. The Morgan fingerprint density at radius 3 is 2.71 bits per heavy atom. The second-order valence-corrected chi connectivity index (χ2v) is 3.52. The average Bonchev–Trinajstić information content (AvgIpc) is 3.00. The second kappa shape index (κ2) is 3.33.